The van der Waals surface area contributed by atoms with Gasteiger partial charge in [-0.25, -0.2) is 4.39 Å². The molecule has 5 nitrogen and oxygen atoms in total. The van der Waals surface area contributed by atoms with Crippen LogP contribution in [0.15, 0.2) is 47.1 Å². The first-order valence-corrected chi connectivity index (χ1v) is 9.96. The molecule has 1 heterocycles. The third kappa shape index (κ3) is 4.80. The highest BCUT2D eigenvalue weighted by molar-refractivity contribution is 7.81. The third-order valence-electron chi connectivity index (χ3n) is 4.86. The van der Waals surface area contributed by atoms with Crippen LogP contribution >= 0.6 is 23.8 Å². The number of thiocarbonyl (C=S) groups is 1. The van der Waals surface area contributed by atoms with E-state index in [0.29, 0.717) is 28.3 Å². The first-order valence-electron chi connectivity index (χ1n) is 9.18. The van der Waals surface area contributed by atoms with Crippen molar-refractivity contribution in [3.05, 3.63) is 69.8 Å². The van der Waals surface area contributed by atoms with Crippen LogP contribution < -0.4 is 11.1 Å². The van der Waals surface area contributed by atoms with Crippen LogP contribution in [0.2, 0.25) is 0 Å². The fraction of sp³-hybridized carbons (Fsp3) is 0.286. The van der Waals surface area contributed by atoms with E-state index in [0.717, 1.165) is 22.4 Å². The van der Waals surface area contributed by atoms with Crippen LogP contribution in [0.25, 0.3) is 5.57 Å². The summed E-state index contributed by atoms with van der Waals surface area (Å²) in [6.07, 6.45) is 4.25. The molecule has 0 spiro atoms. The molecule has 1 aromatic carbocycles. The molecule has 0 radical (unpaired) electrons. The molecule has 0 aliphatic heterocycles. The molecule has 1 aliphatic carbocycles. The molecule has 1 aromatic heterocycles. The molecular weight excluding hydrogens is 411 g/mol. The number of carbonyl (C=O) groups excluding carboxylic acids is 1. The highest BCUT2D eigenvalue weighted by Crippen LogP contribution is 2.33. The van der Waals surface area contributed by atoms with Crippen LogP contribution in [-0.4, -0.2) is 33.1 Å². The van der Waals surface area contributed by atoms with Crippen LogP contribution in [0.3, 0.4) is 0 Å². The summed E-state index contributed by atoms with van der Waals surface area (Å²) in [5.74, 6) is -0.618. The molecule has 1 aliphatic rings. The van der Waals surface area contributed by atoms with Crippen molar-refractivity contribution in [3.8, 4) is 0 Å². The zero-order valence-electron chi connectivity index (χ0n) is 16.2. The number of halogens is 2. The third-order valence-corrected chi connectivity index (χ3v) is 5.57. The summed E-state index contributed by atoms with van der Waals surface area (Å²) < 4.78 is 14.8. The van der Waals surface area contributed by atoms with Gasteiger partial charge in [0.25, 0.3) is 5.91 Å². The fourth-order valence-corrected chi connectivity index (χ4v) is 3.93. The maximum atomic E-state index is 13.1. The van der Waals surface area contributed by atoms with Gasteiger partial charge in [0.2, 0.25) is 0 Å². The maximum absolute atomic E-state index is 13.1. The number of nitrogens with two attached hydrogens (primary N) is 1. The zero-order chi connectivity index (χ0) is 21.1. The normalized spacial score (nSPS) is 15.3. The van der Waals surface area contributed by atoms with Gasteiger partial charge in [-0.1, -0.05) is 36.0 Å². The van der Waals surface area contributed by atoms with Crippen LogP contribution in [0.1, 0.15) is 23.2 Å². The molecule has 1 amide bonds. The van der Waals surface area contributed by atoms with Crippen LogP contribution in [-0.2, 0) is 18.3 Å². The molecule has 29 heavy (non-hydrogen) atoms. The van der Waals surface area contributed by atoms with Crippen molar-refractivity contribution in [2.75, 3.05) is 6.54 Å². The Bertz CT molecular complexity index is 991. The average molecular weight is 433 g/mol. The summed E-state index contributed by atoms with van der Waals surface area (Å²) in [5, 5.41) is 7.63. The Morgan fingerprint density at radius 3 is 2.69 bits per heavy atom. The second-order valence-electron chi connectivity index (χ2n) is 7.02. The van der Waals surface area contributed by atoms with Gasteiger partial charge in [-0.2, -0.15) is 5.10 Å². The largest absolute Gasteiger partial charge is 0.348 e. The minimum Gasteiger partial charge on any atom is -0.348 e. The van der Waals surface area contributed by atoms with E-state index in [1.54, 1.807) is 29.1 Å². The Kier molecular flexibility index (Phi) is 6.62. The van der Waals surface area contributed by atoms with Gasteiger partial charge >= 0.3 is 0 Å². The Labute approximate surface area is 179 Å². The number of allylic oxidation sites excluding steroid dienone is 3. The molecular formula is C21H22ClFN4OS. The second-order valence-corrected chi connectivity index (χ2v) is 7.92. The van der Waals surface area contributed by atoms with Crippen molar-refractivity contribution in [2.24, 2.45) is 12.8 Å². The van der Waals surface area contributed by atoms with E-state index in [1.165, 1.54) is 12.1 Å². The monoisotopic (exact) mass is 432 g/mol. The van der Waals surface area contributed by atoms with E-state index < -0.39 is 0 Å². The summed E-state index contributed by atoms with van der Waals surface area (Å²) in [4.78, 5) is 13.3. The molecule has 3 rings (SSSR count). The average Bonchev–Trinajstić information content (AvgIpc) is 3.02. The molecule has 1 atom stereocenters. The summed E-state index contributed by atoms with van der Waals surface area (Å²) in [6, 6.07) is 5.82. The Hall–Kier alpha value is -2.35. The van der Waals surface area contributed by atoms with Crippen molar-refractivity contribution in [1.29, 1.82) is 0 Å². The summed E-state index contributed by atoms with van der Waals surface area (Å²) in [7, 11) is 1.84. The first-order chi connectivity index (χ1) is 13.8. The minimum absolute atomic E-state index is 0.242. The van der Waals surface area contributed by atoms with Crippen LogP contribution in [0.5, 0.6) is 0 Å². The van der Waals surface area contributed by atoms with Gasteiger partial charge in [0.05, 0.1) is 17.5 Å². The second kappa shape index (κ2) is 8.98. The Morgan fingerprint density at radius 2 is 2.10 bits per heavy atom. The minimum atomic E-state index is -0.313. The lowest BCUT2D eigenvalue weighted by Crippen LogP contribution is -2.43. The predicted molar refractivity (Wildman–Crippen MR) is 117 cm³/mol. The number of nitrogens with one attached hydrogen (secondary N) is 1. The Morgan fingerprint density at radius 1 is 1.41 bits per heavy atom. The maximum Gasteiger partial charge on any atom is 0.252 e. The smallest absolute Gasteiger partial charge is 0.252 e. The lowest BCUT2D eigenvalue weighted by atomic mass is 9.93. The summed E-state index contributed by atoms with van der Waals surface area (Å²) in [5.41, 5.74) is 9.83. The van der Waals surface area contributed by atoms with E-state index in [4.69, 9.17) is 29.6 Å². The Balaban J connectivity index is 1.78. The molecule has 0 saturated carbocycles. The van der Waals surface area contributed by atoms with Crippen molar-refractivity contribution >= 4 is 40.2 Å². The quantitative estimate of drug-likeness (QED) is 0.687. The molecule has 152 valence electrons. The van der Waals surface area contributed by atoms with Crippen LogP contribution in [0.4, 0.5) is 4.39 Å². The first kappa shape index (κ1) is 21.4. The molecule has 0 unspecified atom stereocenters. The number of aromatic nitrogens is 2. The fourth-order valence-electron chi connectivity index (χ4n) is 3.37. The predicted octanol–water partition coefficient (Wildman–Crippen LogP) is 3.20. The number of hydrogen-bond acceptors (Lipinski definition) is 4. The van der Waals surface area contributed by atoms with Crippen molar-refractivity contribution < 1.29 is 9.18 Å². The van der Waals surface area contributed by atoms with Gasteiger partial charge in [0.1, 0.15) is 5.82 Å². The topological polar surface area (TPSA) is 72.9 Å². The zero-order valence-corrected chi connectivity index (χ0v) is 17.8. The molecule has 3 N–H and O–H groups in total. The molecule has 8 heteroatoms. The van der Waals surface area contributed by atoms with Gasteiger partial charge in [-0.15, -0.1) is 0 Å². The highest BCUT2D eigenvalue weighted by atomic mass is 35.5. The number of nitrogens with zero attached hydrogens (tertiary/aromatic N) is 2. The molecule has 0 saturated heterocycles. The van der Waals surface area contributed by atoms with Gasteiger partial charge in [0.15, 0.2) is 0 Å². The van der Waals surface area contributed by atoms with E-state index in [1.807, 2.05) is 14.0 Å². The number of benzene rings is 1. The van der Waals surface area contributed by atoms with Gasteiger partial charge in [0, 0.05) is 41.5 Å². The summed E-state index contributed by atoms with van der Waals surface area (Å²) >= 11 is 12.0. The van der Waals surface area contributed by atoms with E-state index in [2.05, 4.69) is 10.4 Å². The SMILES string of the molecule is Cc1cnn(C)c1C1=C(Cl)C=C(C(=O)N[C@H](CN)Cc2ccc(F)cc2)C(=S)C1. The number of carbonyl (C=O) groups is 1. The molecule has 0 fully saturated rings. The van der Waals surface area contributed by atoms with Gasteiger partial charge in [-0.3, -0.25) is 9.48 Å². The molecule has 0 bridgehead atoms. The van der Waals surface area contributed by atoms with Crippen LogP contribution in [0, 0.1) is 12.7 Å². The highest BCUT2D eigenvalue weighted by Gasteiger charge is 2.26. The van der Waals surface area contributed by atoms with Gasteiger partial charge < -0.3 is 11.1 Å². The van der Waals surface area contributed by atoms with Gasteiger partial charge in [-0.05, 0) is 42.7 Å². The van der Waals surface area contributed by atoms with E-state index in [9.17, 15) is 9.18 Å². The number of amides is 1. The summed E-state index contributed by atoms with van der Waals surface area (Å²) in [6.45, 7) is 2.20. The van der Waals surface area contributed by atoms with E-state index in [-0.39, 0.29) is 24.3 Å². The number of rotatable bonds is 6. The number of hydrogen-bond donors (Lipinski definition) is 2. The number of aryl methyl sites for hydroxylation is 2. The standard InChI is InChI=1S/C21H22ClFN4OS/c1-12-11-25-27(2)20(12)16-9-19(29)17(8-18(16)22)21(28)26-15(10-24)7-13-3-5-14(23)6-4-13/h3-6,8,11,15H,7,9-10,24H2,1-2H3,(H,26,28)/t15-/m0/s1. The van der Waals surface area contributed by atoms with Crippen molar-refractivity contribution in [3.63, 3.8) is 0 Å². The molecule has 2 aromatic rings. The van der Waals surface area contributed by atoms with Crippen molar-refractivity contribution in [2.45, 2.75) is 25.8 Å². The van der Waals surface area contributed by atoms with E-state index >= 15 is 0 Å². The van der Waals surface area contributed by atoms with Crippen molar-refractivity contribution in [1.82, 2.24) is 15.1 Å². The lowest BCUT2D eigenvalue weighted by Gasteiger charge is -2.22. The lowest BCUT2D eigenvalue weighted by molar-refractivity contribution is -0.117.